The lowest BCUT2D eigenvalue weighted by atomic mass is 10.4. The van der Waals surface area contributed by atoms with Crippen molar-refractivity contribution in [3.63, 3.8) is 0 Å². The van der Waals surface area contributed by atoms with Crippen LogP contribution in [-0.4, -0.2) is 16.1 Å². The Hall–Kier alpha value is -1.32. The molecule has 0 spiro atoms. The van der Waals surface area contributed by atoms with E-state index in [1.54, 1.807) is 0 Å². The molecule has 0 saturated carbocycles. The van der Waals surface area contributed by atoms with E-state index in [9.17, 15) is 4.79 Å². The SMILES string of the molecule is CC.CC(=O)NCc1cc(C)[nH]n1. The average Bonchev–Trinajstić information content (AvgIpc) is 2.52. The molecule has 4 nitrogen and oxygen atoms in total. The molecule has 1 aromatic rings. The van der Waals surface area contributed by atoms with Crippen LogP contribution in [0, 0.1) is 6.92 Å². The molecular formula is C9H17N3O. The van der Waals surface area contributed by atoms with E-state index < -0.39 is 0 Å². The number of aromatic amines is 1. The molecule has 0 bridgehead atoms. The Bertz CT molecular complexity index is 255. The van der Waals surface area contributed by atoms with Crippen molar-refractivity contribution in [3.8, 4) is 0 Å². The maximum atomic E-state index is 10.5. The van der Waals surface area contributed by atoms with Crippen LogP contribution >= 0.6 is 0 Å². The van der Waals surface area contributed by atoms with E-state index in [4.69, 9.17) is 0 Å². The number of hydrogen-bond donors (Lipinski definition) is 2. The standard InChI is InChI=1S/C7H11N3O.C2H6/c1-5-3-7(10-9-5)4-8-6(2)11;1-2/h3H,4H2,1-2H3,(H,8,11)(H,9,10);1-2H3. The molecule has 0 aliphatic rings. The molecule has 0 unspecified atom stereocenters. The van der Waals surface area contributed by atoms with Gasteiger partial charge in [0, 0.05) is 12.6 Å². The molecule has 0 radical (unpaired) electrons. The fourth-order valence-corrected chi connectivity index (χ4v) is 0.780. The van der Waals surface area contributed by atoms with Crippen molar-refractivity contribution in [2.75, 3.05) is 0 Å². The number of aryl methyl sites for hydroxylation is 1. The van der Waals surface area contributed by atoms with Gasteiger partial charge in [-0.25, -0.2) is 0 Å². The molecule has 2 N–H and O–H groups in total. The van der Waals surface area contributed by atoms with Crippen molar-refractivity contribution < 1.29 is 4.79 Å². The van der Waals surface area contributed by atoms with Crippen molar-refractivity contribution in [2.24, 2.45) is 0 Å². The number of carbonyl (C=O) groups excluding carboxylic acids is 1. The van der Waals surface area contributed by atoms with Crippen LogP contribution in [0.15, 0.2) is 6.07 Å². The number of nitrogens with one attached hydrogen (secondary N) is 2. The van der Waals surface area contributed by atoms with Gasteiger partial charge in [0.05, 0.1) is 12.2 Å². The van der Waals surface area contributed by atoms with Gasteiger partial charge in [0.15, 0.2) is 0 Å². The average molecular weight is 183 g/mol. The molecular weight excluding hydrogens is 166 g/mol. The van der Waals surface area contributed by atoms with Gasteiger partial charge in [0.25, 0.3) is 0 Å². The number of aromatic nitrogens is 2. The van der Waals surface area contributed by atoms with Gasteiger partial charge in [-0.2, -0.15) is 5.10 Å². The van der Waals surface area contributed by atoms with E-state index >= 15 is 0 Å². The number of amides is 1. The van der Waals surface area contributed by atoms with Crippen LogP contribution in [0.25, 0.3) is 0 Å². The number of nitrogens with zero attached hydrogens (tertiary/aromatic N) is 1. The molecule has 0 aliphatic heterocycles. The van der Waals surface area contributed by atoms with Gasteiger partial charge >= 0.3 is 0 Å². The predicted octanol–water partition coefficient (Wildman–Crippen LogP) is 1.38. The second kappa shape index (κ2) is 6.22. The van der Waals surface area contributed by atoms with Crippen LogP contribution < -0.4 is 5.32 Å². The van der Waals surface area contributed by atoms with Gasteiger partial charge in [-0.1, -0.05) is 13.8 Å². The molecule has 0 aromatic carbocycles. The molecule has 1 heterocycles. The minimum absolute atomic E-state index is 0.0364. The van der Waals surface area contributed by atoms with E-state index in [0.717, 1.165) is 11.4 Å². The first-order valence-corrected chi connectivity index (χ1v) is 4.44. The van der Waals surface area contributed by atoms with Crippen molar-refractivity contribution in [2.45, 2.75) is 34.2 Å². The van der Waals surface area contributed by atoms with Gasteiger partial charge < -0.3 is 5.32 Å². The van der Waals surface area contributed by atoms with Crippen molar-refractivity contribution in [1.82, 2.24) is 15.5 Å². The molecule has 0 atom stereocenters. The highest BCUT2D eigenvalue weighted by molar-refractivity contribution is 5.72. The summed E-state index contributed by atoms with van der Waals surface area (Å²) in [5.41, 5.74) is 1.86. The van der Waals surface area contributed by atoms with Crippen molar-refractivity contribution in [1.29, 1.82) is 0 Å². The lowest BCUT2D eigenvalue weighted by molar-refractivity contribution is -0.119. The molecule has 1 amide bonds. The topological polar surface area (TPSA) is 57.8 Å². The Morgan fingerprint density at radius 1 is 1.62 bits per heavy atom. The number of rotatable bonds is 2. The third kappa shape index (κ3) is 5.00. The summed E-state index contributed by atoms with van der Waals surface area (Å²) in [6.45, 7) is 7.91. The molecule has 0 fully saturated rings. The molecule has 13 heavy (non-hydrogen) atoms. The van der Waals surface area contributed by atoms with Gasteiger partial charge in [-0.15, -0.1) is 0 Å². The zero-order valence-electron chi connectivity index (χ0n) is 8.64. The zero-order chi connectivity index (χ0) is 10.3. The number of hydrogen-bond acceptors (Lipinski definition) is 2. The summed E-state index contributed by atoms with van der Waals surface area (Å²) in [7, 11) is 0. The third-order valence-corrected chi connectivity index (χ3v) is 1.28. The van der Waals surface area contributed by atoms with E-state index in [-0.39, 0.29) is 5.91 Å². The normalized spacial score (nSPS) is 8.62. The fourth-order valence-electron chi connectivity index (χ4n) is 0.780. The summed E-state index contributed by atoms with van der Waals surface area (Å²) >= 11 is 0. The Labute approximate surface area is 78.7 Å². The quantitative estimate of drug-likeness (QED) is 0.727. The van der Waals surface area contributed by atoms with Crippen molar-refractivity contribution in [3.05, 3.63) is 17.5 Å². The third-order valence-electron chi connectivity index (χ3n) is 1.28. The second-order valence-corrected chi connectivity index (χ2v) is 2.45. The lowest BCUT2D eigenvalue weighted by Crippen LogP contribution is -2.18. The van der Waals surface area contributed by atoms with Crippen LogP contribution in [0.5, 0.6) is 0 Å². The Kier molecular flexibility index (Phi) is 5.59. The highest BCUT2D eigenvalue weighted by Crippen LogP contribution is 1.95. The van der Waals surface area contributed by atoms with E-state index in [0.29, 0.717) is 6.54 Å². The lowest BCUT2D eigenvalue weighted by Gasteiger charge is -1.95. The first kappa shape index (κ1) is 11.7. The Morgan fingerprint density at radius 2 is 2.23 bits per heavy atom. The maximum Gasteiger partial charge on any atom is 0.217 e. The molecule has 4 heteroatoms. The molecule has 1 rings (SSSR count). The highest BCUT2D eigenvalue weighted by Gasteiger charge is 1.97. The summed E-state index contributed by atoms with van der Waals surface area (Å²) in [6, 6.07) is 1.90. The zero-order valence-corrected chi connectivity index (χ0v) is 8.64. The number of H-pyrrole nitrogens is 1. The predicted molar refractivity (Wildman–Crippen MR) is 52.2 cm³/mol. The Balaban J connectivity index is 0.000000671. The van der Waals surface area contributed by atoms with Gasteiger partial charge in [0.1, 0.15) is 0 Å². The van der Waals surface area contributed by atoms with Crippen molar-refractivity contribution >= 4 is 5.91 Å². The van der Waals surface area contributed by atoms with Gasteiger partial charge in [0.2, 0.25) is 5.91 Å². The molecule has 0 saturated heterocycles. The van der Waals surface area contributed by atoms with Crippen LogP contribution in [0.3, 0.4) is 0 Å². The van der Waals surface area contributed by atoms with Crippen LogP contribution in [0.2, 0.25) is 0 Å². The van der Waals surface area contributed by atoms with Gasteiger partial charge in [-0.3, -0.25) is 9.89 Å². The highest BCUT2D eigenvalue weighted by atomic mass is 16.1. The monoisotopic (exact) mass is 183 g/mol. The second-order valence-electron chi connectivity index (χ2n) is 2.45. The first-order chi connectivity index (χ1) is 6.18. The van der Waals surface area contributed by atoms with E-state index in [1.807, 2.05) is 26.8 Å². The minimum atomic E-state index is -0.0364. The fraction of sp³-hybridized carbons (Fsp3) is 0.556. The summed E-state index contributed by atoms with van der Waals surface area (Å²) < 4.78 is 0. The maximum absolute atomic E-state index is 10.5. The first-order valence-electron chi connectivity index (χ1n) is 4.44. The van der Waals surface area contributed by atoms with E-state index in [1.165, 1.54) is 6.92 Å². The molecule has 0 aliphatic carbocycles. The smallest absolute Gasteiger partial charge is 0.217 e. The van der Waals surface area contributed by atoms with Crippen LogP contribution in [0.4, 0.5) is 0 Å². The summed E-state index contributed by atoms with van der Waals surface area (Å²) in [6.07, 6.45) is 0. The summed E-state index contributed by atoms with van der Waals surface area (Å²) in [5.74, 6) is -0.0364. The number of carbonyl (C=O) groups is 1. The Morgan fingerprint density at radius 3 is 2.62 bits per heavy atom. The van der Waals surface area contributed by atoms with Gasteiger partial charge in [-0.05, 0) is 13.0 Å². The van der Waals surface area contributed by atoms with Crippen LogP contribution in [-0.2, 0) is 11.3 Å². The van der Waals surface area contributed by atoms with Crippen LogP contribution in [0.1, 0.15) is 32.2 Å². The molecule has 74 valence electrons. The summed E-state index contributed by atoms with van der Waals surface area (Å²) in [4.78, 5) is 10.5. The van der Waals surface area contributed by atoms with E-state index in [2.05, 4.69) is 15.5 Å². The minimum Gasteiger partial charge on any atom is -0.351 e. The largest absolute Gasteiger partial charge is 0.351 e. The summed E-state index contributed by atoms with van der Waals surface area (Å²) in [5, 5.41) is 9.39. The molecule has 1 aromatic heterocycles.